The summed E-state index contributed by atoms with van der Waals surface area (Å²) in [5, 5.41) is 11.6. The van der Waals surface area contributed by atoms with Gasteiger partial charge in [-0.05, 0) is 44.0 Å². The van der Waals surface area contributed by atoms with Crippen molar-refractivity contribution in [3.8, 4) is 0 Å². The predicted molar refractivity (Wildman–Crippen MR) is 79.6 cm³/mol. The van der Waals surface area contributed by atoms with Crippen LogP contribution >= 0.6 is 0 Å². The zero-order chi connectivity index (χ0) is 14.4. The summed E-state index contributed by atoms with van der Waals surface area (Å²) in [6.07, 6.45) is 0.592. The Morgan fingerprint density at radius 3 is 2.32 bits per heavy atom. The molecule has 1 aromatic rings. The van der Waals surface area contributed by atoms with Gasteiger partial charge in [0, 0.05) is 19.5 Å². The Morgan fingerprint density at radius 2 is 1.84 bits per heavy atom. The summed E-state index contributed by atoms with van der Waals surface area (Å²) in [6.45, 7) is 11.2. The third-order valence-electron chi connectivity index (χ3n) is 3.48. The third-order valence-corrected chi connectivity index (χ3v) is 3.48. The molecule has 1 aromatic carbocycles. The number of oxime groups is 1. The van der Waals surface area contributed by atoms with Crippen molar-refractivity contribution < 1.29 is 5.21 Å². The lowest BCUT2D eigenvalue weighted by molar-refractivity contribution is 0.282. The van der Waals surface area contributed by atoms with Crippen molar-refractivity contribution in [1.82, 2.24) is 4.90 Å². The molecule has 19 heavy (non-hydrogen) atoms. The van der Waals surface area contributed by atoms with E-state index in [1.165, 1.54) is 22.3 Å². The van der Waals surface area contributed by atoms with E-state index in [2.05, 4.69) is 49.9 Å². The highest BCUT2D eigenvalue weighted by atomic mass is 16.4. The van der Waals surface area contributed by atoms with Crippen molar-refractivity contribution in [1.29, 1.82) is 0 Å². The summed E-state index contributed by atoms with van der Waals surface area (Å²) in [7, 11) is 0. The fourth-order valence-corrected chi connectivity index (χ4v) is 2.35. The van der Waals surface area contributed by atoms with Gasteiger partial charge < -0.3 is 10.9 Å². The lowest BCUT2D eigenvalue weighted by Gasteiger charge is -2.22. The average molecular weight is 263 g/mol. The number of nitrogens with two attached hydrogens (primary N) is 1. The number of rotatable bonds is 6. The molecule has 0 heterocycles. The highest BCUT2D eigenvalue weighted by Crippen LogP contribution is 2.18. The number of amidine groups is 1. The fourth-order valence-electron chi connectivity index (χ4n) is 2.35. The summed E-state index contributed by atoms with van der Waals surface area (Å²) in [5.74, 6) is 0.288. The van der Waals surface area contributed by atoms with Crippen molar-refractivity contribution in [3.63, 3.8) is 0 Å². The first-order valence-electron chi connectivity index (χ1n) is 6.73. The second kappa shape index (κ2) is 7.14. The maximum atomic E-state index is 8.57. The molecule has 0 fully saturated rings. The molecule has 106 valence electrons. The van der Waals surface area contributed by atoms with Gasteiger partial charge >= 0.3 is 0 Å². The minimum atomic E-state index is 0.288. The highest BCUT2D eigenvalue weighted by molar-refractivity contribution is 5.79. The monoisotopic (exact) mass is 263 g/mol. The van der Waals surface area contributed by atoms with E-state index in [-0.39, 0.29) is 5.84 Å². The molecule has 1 rings (SSSR count). The summed E-state index contributed by atoms with van der Waals surface area (Å²) in [5.41, 5.74) is 10.9. The summed E-state index contributed by atoms with van der Waals surface area (Å²) in [6, 6.07) is 4.44. The van der Waals surface area contributed by atoms with Crippen molar-refractivity contribution in [2.75, 3.05) is 13.1 Å². The lowest BCUT2D eigenvalue weighted by atomic mass is 9.99. The van der Waals surface area contributed by atoms with E-state index in [1.54, 1.807) is 0 Å². The Labute approximate surface area is 115 Å². The van der Waals surface area contributed by atoms with Crippen molar-refractivity contribution >= 4 is 5.84 Å². The Kier molecular flexibility index (Phi) is 5.83. The zero-order valence-electron chi connectivity index (χ0n) is 12.4. The normalized spacial score (nSPS) is 12.2. The molecule has 4 heteroatoms. The van der Waals surface area contributed by atoms with Crippen LogP contribution in [0, 0.1) is 20.8 Å². The van der Waals surface area contributed by atoms with E-state index in [1.807, 2.05) is 0 Å². The van der Waals surface area contributed by atoms with Gasteiger partial charge in [-0.15, -0.1) is 0 Å². The fraction of sp³-hybridized carbons (Fsp3) is 0.533. The summed E-state index contributed by atoms with van der Waals surface area (Å²) in [4.78, 5) is 2.31. The Balaban J connectivity index is 2.76. The Morgan fingerprint density at radius 1 is 1.26 bits per heavy atom. The molecule has 0 radical (unpaired) electrons. The quantitative estimate of drug-likeness (QED) is 0.359. The van der Waals surface area contributed by atoms with E-state index >= 15 is 0 Å². The molecule has 0 amide bonds. The molecule has 0 bridgehead atoms. The third kappa shape index (κ3) is 4.56. The molecule has 0 unspecified atom stereocenters. The molecule has 0 saturated heterocycles. The van der Waals surface area contributed by atoms with Crippen LogP contribution in [0.4, 0.5) is 0 Å². The Bertz CT molecular complexity index is 432. The zero-order valence-corrected chi connectivity index (χ0v) is 12.4. The summed E-state index contributed by atoms with van der Waals surface area (Å²) < 4.78 is 0. The number of hydrogen-bond acceptors (Lipinski definition) is 3. The summed E-state index contributed by atoms with van der Waals surface area (Å²) >= 11 is 0. The van der Waals surface area contributed by atoms with Crippen molar-refractivity contribution in [2.24, 2.45) is 10.9 Å². The maximum Gasteiger partial charge on any atom is 0.140 e. The molecule has 4 nitrogen and oxygen atoms in total. The van der Waals surface area contributed by atoms with Gasteiger partial charge in [0.05, 0.1) is 0 Å². The van der Waals surface area contributed by atoms with Gasteiger partial charge in [-0.2, -0.15) is 0 Å². The number of aryl methyl sites for hydroxylation is 3. The molecule has 0 aliphatic heterocycles. The molecule has 0 aromatic heterocycles. The molecular formula is C15H25N3O. The molecule has 0 atom stereocenters. The van der Waals surface area contributed by atoms with E-state index < -0.39 is 0 Å². The van der Waals surface area contributed by atoms with E-state index in [4.69, 9.17) is 10.9 Å². The molecule has 0 aliphatic carbocycles. The van der Waals surface area contributed by atoms with Gasteiger partial charge in [-0.1, -0.05) is 29.8 Å². The number of benzene rings is 1. The maximum absolute atomic E-state index is 8.57. The van der Waals surface area contributed by atoms with Crippen LogP contribution in [0.25, 0.3) is 0 Å². The largest absolute Gasteiger partial charge is 0.409 e. The molecule has 3 N–H and O–H groups in total. The van der Waals surface area contributed by atoms with Crippen LogP contribution in [0.1, 0.15) is 35.6 Å². The minimum absolute atomic E-state index is 0.288. The van der Waals surface area contributed by atoms with Crippen molar-refractivity contribution in [2.45, 2.75) is 40.7 Å². The molecule has 0 saturated carbocycles. The number of nitrogens with zero attached hydrogens (tertiary/aromatic N) is 2. The van der Waals surface area contributed by atoms with Gasteiger partial charge in [-0.25, -0.2) is 0 Å². The van der Waals surface area contributed by atoms with E-state index in [9.17, 15) is 0 Å². The SMILES string of the molecule is CCN(CCC(N)=NO)Cc1c(C)cc(C)cc1C. The van der Waals surface area contributed by atoms with Crippen LogP contribution in [-0.4, -0.2) is 29.0 Å². The van der Waals surface area contributed by atoms with E-state index in [0.29, 0.717) is 6.42 Å². The minimum Gasteiger partial charge on any atom is -0.409 e. The first kappa shape index (κ1) is 15.5. The van der Waals surface area contributed by atoms with Crippen LogP contribution in [0.3, 0.4) is 0 Å². The van der Waals surface area contributed by atoms with Crippen LogP contribution in [0.2, 0.25) is 0 Å². The second-order valence-electron chi connectivity index (χ2n) is 5.09. The van der Waals surface area contributed by atoms with Crippen LogP contribution in [0.15, 0.2) is 17.3 Å². The smallest absolute Gasteiger partial charge is 0.140 e. The van der Waals surface area contributed by atoms with Gasteiger partial charge in [0.25, 0.3) is 0 Å². The second-order valence-corrected chi connectivity index (χ2v) is 5.09. The highest BCUT2D eigenvalue weighted by Gasteiger charge is 2.09. The molecular weight excluding hydrogens is 238 g/mol. The van der Waals surface area contributed by atoms with Crippen LogP contribution in [-0.2, 0) is 6.54 Å². The van der Waals surface area contributed by atoms with Crippen LogP contribution in [0.5, 0.6) is 0 Å². The lowest BCUT2D eigenvalue weighted by Crippen LogP contribution is -2.28. The van der Waals surface area contributed by atoms with Gasteiger partial charge in [0.2, 0.25) is 0 Å². The standard InChI is InChI=1S/C15H25N3O/c1-5-18(7-6-15(16)17-19)10-14-12(3)8-11(2)9-13(14)4/h8-9,19H,5-7,10H2,1-4H3,(H2,16,17). The topological polar surface area (TPSA) is 61.8 Å². The first-order valence-corrected chi connectivity index (χ1v) is 6.73. The number of hydrogen-bond donors (Lipinski definition) is 2. The molecule has 0 aliphatic rings. The van der Waals surface area contributed by atoms with Gasteiger partial charge in [0.15, 0.2) is 0 Å². The van der Waals surface area contributed by atoms with Gasteiger partial charge in [-0.3, -0.25) is 4.90 Å². The van der Waals surface area contributed by atoms with Gasteiger partial charge in [0.1, 0.15) is 5.84 Å². The van der Waals surface area contributed by atoms with Crippen LogP contribution < -0.4 is 5.73 Å². The first-order chi connectivity index (χ1) is 8.97. The van der Waals surface area contributed by atoms with E-state index in [0.717, 1.165) is 19.6 Å². The Hall–Kier alpha value is -1.55. The average Bonchev–Trinajstić information content (AvgIpc) is 2.36. The van der Waals surface area contributed by atoms with Crippen molar-refractivity contribution in [3.05, 3.63) is 34.4 Å². The molecule has 0 spiro atoms. The predicted octanol–water partition coefficient (Wildman–Crippen LogP) is 2.57.